The first-order valence-corrected chi connectivity index (χ1v) is 6.60. The summed E-state index contributed by atoms with van der Waals surface area (Å²) >= 11 is 0. The second-order valence-corrected chi connectivity index (χ2v) is 4.32. The van der Waals surface area contributed by atoms with E-state index in [2.05, 4.69) is 22.3 Å². The summed E-state index contributed by atoms with van der Waals surface area (Å²) in [6.07, 6.45) is 5.47. The van der Waals surface area contributed by atoms with E-state index in [1.54, 1.807) is 6.20 Å². The summed E-state index contributed by atoms with van der Waals surface area (Å²) in [5.74, 6) is 1.62. The maximum absolute atomic E-state index is 5.66. The SMILES string of the molecule is CCCOc1cccnc1NCCc1ccnn1C. The van der Waals surface area contributed by atoms with Crippen molar-refractivity contribution in [3.8, 4) is 5.75 Å². The molecule has 0 aliphatic carbocycles. The van der Waals surface area contributed by atoms with Crippen molar-refractivity contribution >= 4 is 5.82 Å². The van der Waals surface area contributed by atoms with Gasteiger partial charge >= 0.3 is 0 Å². The topological polar surface area (TPSA) is 52.0 Å². The van der Waals surface area contributed by atoms with Gasteiger partial charge in [0.2, 0.25) is 0 Å². The summed E-state index contributed by atoms with van der Waals surface area (Å²) in [4.78, 5) is 4.31. The van der Waals surface area contributed by atoms with Gasteiger partial charge in [-0.15, -0.1) is 0 Å². The lowest BCUT2D eigenvalue weighted by atomic mass is 10.3. The summed E-state index contributed by atoms with van der Waals surface area (Å²) in [6, 6.07) is 5.85. The van der Waals surface area contributed by atoms with Crippen molar-refractivity contribution in [3.63, 3.8) is 0 Å². The van der Waals surface area contributed by atoms with Gasteiger partial charge in [0, 0.05) is 38.1 Å². The lowest BCUT2D eigenvalue weighted by molar-refractivity contribution is 0.318. The molecule has 0 saturated carbocycles. The summed E-state index contributed by atoms with van der Waals surface area (Å²) in [6.45, 7) is 3.60. The first-order chi connectivity index (χ1) is 9.31. The van der Waals surface area contributed by atoms with E-state index in [-0.39, 0.29) is 0 Å². The van der Waals surface area contributed by atoms with Crippen LogP contribution >= 0.6 is 0 Å². The largest absolute Gasteiger partial charge is 0.490 e. The quantitative estimate of drug-likeness (QED) is 0.829. The molecule has 2 heterocycles. The third kappa shape index (κ3) is 3.71. The summed E-state index contributed by atoms with van der Waals surface area (Å²) in [5.41, 5.74) is 1.19. The fourth-order valence-corrected chi connectivity index (χ4v) is 1.81. The van der Waals surface area contributed by atoms with Gasteiger partial charge in [-0.05, 0) is 24.6 Å². The van der Waals surface area contributed by atoms with Crippen LogP contribution in [0.5, 0.6) is 5.75 Å². The molecule has 2 aromatic rings. The Morgan fingerprint density at radius 1 is 1.32 bits per heavy atom. The van der Waals surface area contributed by atoms with Crippen molar-refractivity contribution in [2.75, 3.05) is 18.5 Å². The lowest BCUT2D eigenvalue weighted by Crippen LogP contribution is -2.10. The van der Waals surface area contributed by atoms with Crippen molar-refractivity contribution in [3.05, 3.63) is 36.3 Å². The average Bonchev–Trinajstić information content (AvgIpc) is 2.83. The predicted octanol–water partition coefficient (Wildman–Crippen LogP) is 2.26. The molecular formula is C14H20N4O. The minimum Gasteiger partial charge on any atom is -0.490 e. The second-order valence-electron chi connectivity index (χ2n) is 4.32. The van der Waals surface area contributed by atoms with Crippen LogP contribution in [0.2, 0.25) is 0 Å². The zero-order valence-electron chi connectivity index (χ0n) is 11.5. The number of ether oxygens (including phenoxy) is 1. The molecule has 0 spiro atoms. The van der Waals surface area contributed by atoms with E-state index in [4.69, 9.17) is 4.74 Å². The van der Waals surface area contributed by atoms with Gasteiger partial charge in [-0.2, -0.15) is 5.10 Å². The number of aryl methyl sites for hydroxylation is 1. The maximum Gasteiger partial charge on any atom is 0.168 e. The molecule has 0 radical (unpaired) electrons. The standard InChI is InChI=1S/C14H20N4O/c1-3-11-19-13-5-4-8-15-14(13)16-9-6-12-7-10-17-18(12)2/h4-5,7-8,10H,3,6,9,11H2,1-2H3,(H,15,16). The average molecular weight is 260 g/mol. The molecule has 1 N–H and O–H groups in total. The molecule has 19 heavy (non-hydrogen) atoms. The third-order valence-corrected chi connectivity index (χ3v) is 2.83. The molecular weight excluding hydrogens is 240 g/mol. The number of hydrogen-bond acceptors (Lipinski definition) is 4. The predicted molar refractivity (Wildman–Crippen MR) is 75.4 cm³/mol. The first kappa shape index (κ1) is 13.4. The smallest absolute Gasteiger partial charge is 0.168 e. The molecule has 5 nitrogen and oxygen atoms in total. The Kier molecular flexibility index (Phi) is 4.78. The van der Waals surface area contributed by atoms with Gasteiger partial charge < -0.3 is 10.1 Å². The molecule has 2 aromatic heterocycles. The fourth-order valence-electron chi connectivity index (χ4n) is 1.81. The highest BCUT2D eigenvalue weighted by atomic mass is 16.5. The molecule has 0 amide bonds. The molecule has 5 heteroatoms. The fraction of sp³-hybridized carbons (Fsp3) is 0.429. The minimum absolute atomic E-state index is 0.710. The van der Waals surface area contributed by atoms with Gasteiger partial charge in [0.25, 0.3) is 0 Å². The number of rotatable bonds is 7. The zero-order valence-corrected chi connectivity index (χ0v) is 11.5. The van der Waals surface area contributed by atoms with Crippen molar-refractivity contribution in [2.45, 2.75) is 19.8 Å². The normalized spacial score (nSPS) is 10.4. The highest BCUT2D eigenvalue weighted by Crippen LogP contribution is 2.20. The Hall–Kier alpha value is -2.04. The Morgan fingerprint density at radius 2 is 2.21 bits per heavy atom. The van der Waals surface area contributed by atoms with Crippen LogP contribution in [0.1, 0.15) is 19.0 Å². The van der Waals surface area contributed by atoms with Crippen LogP contribution in [0, 0.1) is 0 Å². The molecule has 0 aliphatic rings. The highest BCUT2D eigenvalue weighted by molar-refractivity contribution is 5.49. The van der Waals surface area contributed by atoms with Gasteiger partial charge in [-0.1, -0.05) is 6.92 Å². The van der Waals surface area contributed by atoms with E-state index in [0.717, 1.165) is 31.0 Å². The molecule has 0 saturated heterocycles. The molecule has 0 aromatic carbocycles. The molecule has 102 valence electrons. The van der Waals surface area contributed by atoms with Crippen molar-refractivity contribution in [1.82, 2.24) is 14.8 Å². The van der Waals surface area contributed by atoms with Crippen LogP contribution in [0.15, 0.2) is 30.6 Å². The molecule has 0 aliphatic heterocycles. The third-order valence-electron chi connectivity index (χ3n) is 2.83. The minimum atomic E-state index is 0.710. The monoisotopic (exact) mass is 260 g/mol. The molecule has 0 unspecified atom stereocenters. The Bertz CT molecular complexity index is 510. The number of nitrogens with one attached hydrogen (secondary N) is 1. The summed E-state index contributed by atoms with van der Waals surface area (Å²) < 4.78 is 7.54. The van der Waals surface area contributed by atoms with Gasteiger partial charge in [0.1, 0.15) is 0 Å². The van der Waals surface area contributed by atoms with E-state index in [1.165, 1.54) is 5.69 Å². The van der Waals surface area contributed by atoms with E-state index >= 15 is 0 Å². The van der Waals surface area contributed by atoms with Gasteiger partial charge in [0.15, 0.2) is 11.6 Å². The lowest BCUT2D eigenvalue weighted by Gasteiger charge is -2.11. The number of nitrogens with zero attached hydrogens (tertiary/aromatic N) is 3. The van der Waals surface area contributed by atoms with Crippen LogP contribution in [0.25, 0.3) is 0 Å². The Morgan fingerprint density at radius 3 is 2.95 bits per heavy atom. The Balaban J connectivity index is 1.90. The van der Waals surface area contributed by atoms with E-state index in [9.17, 15) is 0 Å². The van der Waals surface area contributed by atoms with Crippen LogP contribution in [-0.2, 0) is 13.5 Å². The number of anilines is 1. The first-order valence-electron chi connectivity index (χ1n) is 6.60. The van der Waals surface area contributed by atoms with Crippen LogP contribution in [0.3, 0.4) is 0 Å². The van der Waals surface area contributed by atoms with E-state index in [0.29, 0.717) is 6.61 Å². The zero-order chi connectivity index (χ0) is 13.5. The highest BCUT2D eigenvalue weighted by Gasteiger charge is 2.04. The van der Waals surface area contributed by atoms with Crippen LogP contribution in [-0.4, -0.2) is 27.9 Å². The number of aromatic nitrogens is 3. The Labute approximate surface area is 113 Å². The van der Waals surface area contributed by atoms with Crippen molar-refractivity contribution in [2.24, 2.45) is 7.05 Å². The van der Waals surface area contributed by atoms with Gasteiger partial charge in [-0.25, -0.2) is 4.98 Å². The van der Waals surface area contributed by atoms with Gasteiger partial charge in [-0.3, -0.25) is 4.68 Å². The molecule has 2 rings (SSSR count). The summed E-state index contributed by atoms with van der Waals surface area (Å²) in [5, 5.41) is 7.46. The number of hydrogen-bond donors (Lipinski definition) is 1. The van der Waals surface area contributed by atoms with E-state index in [1.807, 2.05) is 36.1 Å². The van der Waals surface area contributed by atoms with Gasteiger partial charge in [0.05, 0.1) is 6.61 Å². The van der Waals surface area contributed by atoms with Crippen molar-refractivity contribution < 1.29 is 4.74 Å². The number of pyridine rings is 1. The molecule has 0 bridgehead atoms. The van der Waals surface area contributed by atoms with Crippen LogP contribution in [0.4, 0.5) is 5.82 Å². The molecule has 0 fully saturated rings. The van der Waals surface area contributed by atoms with Crippen molar-refractivity contribution in [1.29, 1.82) is 0 Å². The summed E-state index contributed by atoms with van der Waals surface area (Å²) in [7, 11) is 1.95. The second kappa shape index (κ2) is 6.78. The molecule has 0 atom stereocenters. The maximum atomic E-state index is 5.66. The van der Waals surface area contributed by atoms with E-state index < -0.39 is 0 Å². The van der Waals surface area contributed by atoms with Crippen LogP contribution < -0.4 is 10.1 Å².